The van der Waals surface area contributed by atoms with Crippen LogP contribution in [0, 0.1) is 5.92 Å². The van der Waals surface area contributed by atoms with Crippen molar-refractivity contribution >= 4 is 5.97 Å². The van der Waals surface area contributed by atoms with E-state index in [9.17, 15) is 9.90 Å². The fraction of sp³-hybridized carbons (Fsp3) is 0.381. The van der Waals surface area contributed by atoms with Crippen molar-refractivity contribution in [2.75, 3.05) is 27.6 Å². The number of fused-ring (bicyclic) bond motifs is 1. The molecule has 148 valence electrons. The summed E-state index contributed by atoms with van der Waals surface area (Å²) < 4.78 is 26.5. The zero-order valence-corrected chi connectivity index (χ0v) is 15.8. The number of carbonyl (C=O) groups excluding carboxylic acids is 1. The molecule has 7 nitrogen and oxygen atoms in total. The zero-order valence-electron chi connectivity index (χ0n) is 15.8. The maximum Gasteiger partial charge on any atom is 0.338 e. The number of esters is 1. The molecule has 0 amide bonds. The van der Waals surface area contributed by atoms with Crippen molar-refractivity contribution < 1.29 is 33.6 Å². The van der Waals surface area contributed by atoms with E-state index in [1.54, 1.807) is 26.4 Å². The lowest BCUT2D eigenvalue weighted by atomic mass is 9.81. The highest BCUT2D eigenvalue weighted by Crippen LogP contribution is 2.38. The second kappa shape index (κ2) is 7.24. The smallest absolute Gasteiger partial charge is 0.338 e. The summed E-state index contributed by atoms with van der Waals surface area (Å²) in [6.45, 7) is 0.365. The predicted molar refractivity (Wildman–Crippen MR) is 98.9 cm³/mol. The van der Waals surface area contributed by atoms with Crippen molar-refractivity contribution in [1.29, 1.82) is 0 Å². The van der Waals surface area contributed by atoms with Gasteiger partial charge in [-0.3, -0.25) is 0 Å². The Bertz CT molecular complexity index is 894. The van der Waals surface area contributed by atoms with Gasteiger partial charge < -0.3 is 28.8 Å². The van der Waals surface area contributed by atoms with Crippen molar-refractivity contribution in [2.45, 2.75) is 18.4 Å². The maximum atomic E-state index is 12.4. The third-order valence-corrected chi connectivity index (χ3v) is 5.29. The number of hydrogen-bond acceptors (Lipinski definition) is 7. The van der Waals surface area contributed by atoms with Crippen LogP contribution in [0.4, 0.5) is 0 Å². The molecule has 7 heteroatoms. The monoisotopic (exact) mass is 386 g/mol. The molecule has 0 saturated carbocycles. The van der Waals surface area contributed by atoms with E-state index in [0.717, 1.165) is 11.1 Å². The predicted octanol–water partition coefficient (Wildman–Crippen LogP) is 2.12. The molecule has 0 spiro atoms. The van der Waals surface area contributed by atoms with E-state index in [4.69, 9.17) is 23.7 Å². The molecule has 0 radical (unpaired) electrons. The highest BCUT2D eigenvalue weighted by atomic mass is 16.7. The Kier molecular flexibility index (Phi) is 4.77. The maximum absolute atomic E-state index is 12.4. The van der Waals surface area contributed by atoms with Crippen LogP contribution in [-0.2, 0) is 22.4 Å². The summed E-state index contributed by atoms with van der Waals surface area (Å²) in [5, 5.41) is 11.2. The SMILES string of the molecule is COc1ccc(CC2(O)C(=O)OCC2Cc2ccc3c(c2)OCO3)cc1OC. The first kappa shape index (κ1) is 18.4. The molecule has 1 fully saturated rings. The van der Waals surface area contributed by atoms with Crippen LogP contribution >= 0.6 is 0 Å². The first-order chi connectivity index (χ1) is 13.5. The molecule has 1 N–H and O–H groups in total. The summed E-state index contributed by atoms with van der Waals surface area (Å²) in [6.07, 6.45) is 0.605. The molecule has 28 heavy (non-hydrogen) atoms. The number of carbonyl (C=O) groups is 1. The number of hydrogen-bond donors (Lipinski definition) is 1. The van der Waals surface area contributed by atoms with E-state index in [0.29, 0.717) is 29.4 Å². The Morgan fingerprint density at radius 1 is 1.00 bits per heavy atom. The van der Waals surface area contributed by atoms with Gasteiger partial charge in [-0.25, -0.2) is 4.79 Å². The number of benzene rings is 2. The Labute approximate surface area is 162 Å². The molecule has 2 aromatic carbocycles. The summed E-state index contributed by atoms with van der Waals surface area (Å²) >= 11 is 0. The molecule has 2 aromatic rings. The summed E-state index contributed by atoms with van der Waals surface area (Å²) in [4.78, 5) is 12.4. The fourth-order valence-corrected chi connectivity index (χ4v) is 3.70. The zero-order chi connectivity index (χ0) is 19.7. The first-order valence-electron chi connectivity index (χ1n) is 9.02. The normalized spacial score (nSPS) is 22.8. The second-order valence-corrected chi connectivity index (χ2v) is 6.98. The van der Waals surface area contributed by atoms with Gasteiger partial charge >= 0.3 is 5.97 Å². The van der Waals surface area contributed by atoms with Crippen LogP contribution in [0.25, 0.3) is 0 Å². The molecule has 2 aliphatic rings. The van der Waals surface area contributed by atoms with Gasteiger partial charge in [-0.05, 0) is 41.8 Å². The van der Waals surface area contributed by atoms with Gasteiger partial charge in [0.2, 0.25) is 6.79 Å². The number of ether oxygens (including phenoxy) is 5. The van der Waals surface area contributed by atoms with Crippen LogP contribution in [0.1, 0.15) is 11.1 Å². The Balaban J connectivity index is 1.56. The summed E-state index contributed by atoms with van der Waals surface area (Å²) in [5.74, 6) is 1.52. The second-order valence-electron chi connectivity index (χ2n) is 6.98. The molecule has 1 saturated heterocycles. The molecule has 2 heterocycles. The minimum Gasteiger partial charge on any atom is -0.493 e. The van der Waals surface area contributed by atoms with Crippen LogP contribution in [0.5, 0.6) is 23.0 Å². The van der Waals surface area contributed by atoms with E-state index < -0.39 is 11.6 Å². The fourth-order valence-electron chi connectivity index (χ4n) is 3.70. The van der Waals surface area contributed by atoms with Gasteiger partial charge in [0.15, 0.2) is 28.6 Å². The van der Waals surface area contributed by atoms with Crippen LogP contribution < -0.4 is 18.9 Å². The van der Waals surface area contributed by atoms with Gasteiger partial charge in [0, 0.05) is 12.3 Å². The van der Waals surface area contributed by atoms with Crippen LogP contribution in [-0.4, -0.2) is 44.3 Å². The Morgan fingerprint density at radius 3 is 2.54 bits per heavy atom. The highest BCUT2D eigenvalue weighted by Gasteiger charge is 2.51. The Hall–Kier alpha value is -2.93. The van der Waals surface area contributed by atoms with Crippen molar-refractivity contribution in [3.8, 4) is 23.0 Å². The lowest BCUT2D eigenvalue weighted by Crippen LogP contribution is -2.44. The van der Waals surface area contributed by atoms with Gasteiger partial charge in [-0.1, -0.05) is 12.1 Å². The van der Waals surface area contributed by atoms with E-state index in [-0.39, 0.29) is 25.7 Å². The molecular formula is C21H22O7. The molecule has 4 rings (SSSR count). The standard InChI is InChI=1S/C21H22O7/c1-24-16-5-4-14(9-18(16)25-2)10-21(23)15(11-26-20(21)22)7-13-3-6-17-19(8-13)28-12-27-17/h3-6,8-9,15,23H,7,10-12H2,1-2H3. The third kappa shape index (κ3) is 3.22. The topological polar surface area (TPSA) is 83.5 Å². The van der Waals surface area contributed by atoms with Crippen molar-refractivity contribution in [3.63, 3.8) is 0 Å². The number of aliphatic hydroxyl groups is 1. The van der Waals surface area contributed by atoms with Gasteiger partial charge in [0.05, 0.1) is 20.8 Å². The number of rotatable bonds is 6. The lowest BCUT2D eigenvalue weighted by molar-refractivity contribution is -0.154. The van der Waals surface area contributed by atoms with E-state index in [1.807, 2.05) is 24.3 Å². The quantitative estimate of drug-likeness (QED) is 0.762. The van der Waals surface area contributed by atoms with Crippen LogP contribution in [0.3, 0.4) is 0 Å². The molecule has 2 aliphatic heterocycles. The number of methoxy groups -OCH3 is 2. The molecule has 0 bridgehead atoms. The molecule has 0 aromatic heterocycles. The molecule has 2 atom stereocenters. The summed E-state index contributed by atoms with van der Waals surface area (Å²) in [6, 6.07) is 10.9. The average molecular weight is 386 g/mol. The van der Waals surface area contributed by atoms with Gasteiger partial charge in [-0.15, -0.1) is 0 Å². The van der Waals surface area contributed by atoms with E-state index in [1.165, 1.54) is 0 Å². The van der Waals surface area contributed by atoms with Crippen LogP contribution in [0.15, 0.2) is 36.4 Å². The van der Waals surface area contributed by atoms with E-state index in [2.05, 4.69) is 0 Å². The third-order valence-electron chi connectivity index (χ3n) is 5.29. The Morgan fingerprint density at radius 2 is 1.75 bits per heavy atom. The van der Waals surface area contributed by atoms with Crippen LogP contribution in [0.2, 0.25) is 0 Å². The first-order valence-corrected chi connectivity index (χ1v) is 9.02. The minimum absolute atomic E-state index is 0.126. The highest BCUT2D eigenvalue weighted by molar-refractivity contribution is 5.82. The van der Waals surface area contributed by atoms with Crippen molar-refractivity contribution in [2.24, 2.45) is 5.92 Å². The number of cyclic esters (lactones) is 1. The molecule has 2 unspecified atom stereocenters. The lowest BCUT2D eigenvalue weighted by Gasteiger charge is -2.26. The average Bonchev–Trinajstić information content (AvgIpc) is 3.27. The van der Waals surface area contributed by atoms with Gasteiger partial charge in [-0.2, -0.15) is 0 Å². The minimum atomic E-state index is -1.62. The van der Waals surface area contributed by atoms with E-state index >= 15 is 0 Å². The summed E-state index contributed by atoms with van der Waals surface area (Å²) in [5.41, 5.74) is 0.0867. The molecule has 0 aliphatic carbocycles. The van der Waals surface area contributed by atoms with Gasteiger partial charge in [0.25, 0.3) is 0 Å². The largest absolute Gasteiger partial charge is 0.493 e. The van der Waals surface area contributed by atoms with Crippen molar-refractivity contribution in [3.05, 3.63) is 47.5 Å². The van der Waals surface area contributed by atoms with Gasteiger partial charge in [0.1, 0.15) is 0 Å². The van der Waals surface area contributed by atoms with Crippen molar-refractivity contribution in [1.82, 2.24) is 0 Å². The molecular weight excluding hydrogens is 364 g/mol. The summed E-state index contributed by atoms with van der Waals surface area (Å²) in [7, 11) is 3.10.